The molecular formula is C23H23F5O. The standard InChI is InChI=1S/C23H23F5O/c1-2-3-4-15-5-7-16(8-6-15)17-9-11-18(12-10-17)23(27,28)29-19-13-20(24)22(26)21(25)14-19/h3-4,9-16H,2,5-8H2,1H3/b4-3-. The van der Waals surface area contributed by atoms with Crippen molar-refractivity contribution in [3.8, 4) is 5.75 Å². The van der Waals surface area contributed by atoms with Crippen LogP contribution >= 0.6 is 0 Å². The fourth-order valence-electron chi connectivity index (χ4n) is 3.72. The summed E-state index contributed by atoms with van der Waals surface area (Å²) in [7, 11) is 0. The van der Waals surface area contributed by atoms with Crippen molar-refractivity contribution in [1.29, 1.82) is 0 Å². The maximum atomic E-state index is 14.4. The van der Waals surface area contributed by atoms with Crippen molar-refractivity contribution < 1.29 is 26.7 Å². The fraction of sp³-hybridized carbons (Fsp3) is 0.391. The van der Waals surface area contributed by atoms with Gasteiger partial charge in [-0.3, -0.25) is 0 Å². The molecular weight excluding hydrogens is 387 g/mol. The quantitative estimate of drug-likeness (QED) is 0.273. The molecule has 0 bridgehead atoms. The van der Waals surface area contributed by atoms with Crippen LogP contribution in [0, 0.1) is 23.4 Å². The zero-order valence-electron chi connectivity index (χ0n) is 16.1. The highest BCUT2D eigenvalue weighted by Gasteiger charge is 2.35. The van der Waals surface area contributed by atoms with Crippen LogP contribution in [0.3, 0.4) is 0 Å². The molecule has 156 valence electrons. The van der Waals surface area contributed by atoms with E-state index < -0.39 is 34.9 Å². The molecule has 1 nitrogen and oxygen atoms in total. The molecule has 2 aromatic rings. The summed E-state index contributed by atoms with van der Waals surface area (Å²) in [5.41, 5.74) is 0.548. The van der Waals surface area contributed by atoms with Gasteiger partial charge in [-0.05, 0) is 61.6 Å². The Morgan fingerprint density at radius 2 is 1.55 bits per heavy atom. The van der Waals surface area contributed by atoms with Gasteiger partial charge >= 0.3 is 6.11 Å². The van der Waals surface area contributed by atoms with Gasteiger partial charge in [-0.25, -0.2) is 13.2 Å². The van der Waals surface area contributed by atoms with Crippen molar-refractivity contribution in [2.75, 3.05) is 0 Å². The maximum Gasteiger partial charge on any atom is 0.426 e. The van der Waals surface area contributed by atoms with Crippen LogP contribution in [0.25, 0.3) is 0 Å². The molecule has 1 aliphatic rings. The number of hydrogen-bond acceptors (Lipinski definition) is 1. The second-order valence-electron chi connectivity index (χ2n) is 7.39. The third-order valence-electron chi connectivity index (χ3n) is 5.34. The zero-order chi connectivity index (χ0) is 21.0. The Morgan fingerprint density at radius 3 is 2.10 bits per heavy atom. The molecule has 29 heavy (non-hydrogen) atoms. The first-order chi connectivity index (χ1) is 13.8. The predicted octanol–water partition coefficient (Wildman–Crippen LogP) is 7.47. The number of rotatable bonds is 6. The van der Waals surface area contributed by atoms with Gasteiger partial charge in [0.15, 0.2) is 17.5 Å². The first kappa shape index (κ1) is 21.3. The minimum absolute atomic E-state index is 0.324. The molecule has 6 heteroatoms. The summed E-state index contributed by atoms with van der Waals surface area (Å²) in [6.07, 6.45) is 5.80. The molecule has 1 fully saturated rings. The Labute approximate surface area is 167 Å². The van der Waals surface area contributed by atoms with E-state index in [4.69, 9.17) is 0 Å². The number of ether oxygens (including phenoxy) is 1. The lowest BCUT2D eigenvalue weighted by molar-refractivity contribution is -0.185. The molecule has 0 unspecified atom stereocenters. The van der Waals surface area contributed by atoms with Crippen molar-refractivity contribution in [2.45, 2.75) is 51.1 Å². The Kier molecular flexibility index (Phi) is 6.60. The molecule has 3 rings (SSSR count). The molecule has 0 spiro atoms. The highest BCUT2D eigenvalue weighted by atomic mass is 19.3. The monoisotopic (exact) mass is 410 g/mol. The molecule has 0 amide bonds. The Bertz CT molecular complexity index is 829. The summed E-state index contributed by atoms with van der Waals surface area (Å²) in [5, 5.41) is 0. The predicted molar refractivity (Wildman–Crippen MR) is 101 cm³/mol. The maximum absolute atomic E-state index is 14.4. The number of benzene rings is 2. The topological polar surface area (TPSA) is 9.23 Å². The third-order valence-corrected chi connectivity index (χ3v) is 5.34. The summed E-state index contributed by atoms with van der Waals surface area (Å²) in [5.74, 6) is -4.78. The zero-order valence-corrected chi connectivity index (χ0v) is 16.1. The second kappa shape index (κ2) is 8.97. The minimum Gasteiger partial charge on any atom is -0.429 e. The Morgan fingerprint density at radius 1 is 0.966 bits per heavy atom. The van der Waals surface area contributed by atoms with E-state index in [0.717, 1.165) is 37.7 Å². The summed E-state index contributed by atoms with van der Waals surface area (Å²) < 4.78 is 72.6. The molecule has 1 aliphatic carbocycles. The molecule has 1 saturated carbocycles. The number of allylic oxidation sites excluding steroid dienone is 2. The smallest absolute Gasteiger partial charge is 0.426 e. The molecule has 2 aromatic carbocycles. The number of hydrogen-bond donors (Lipinski definition) is 0. The normalized spacial score (nSPS) is 20.2. The van der Waals surface area contributed by atoms with Crippen molar-refractivity contribution in [1.82, 2.24) is 0 Å². The van der Waals surface area contributed by atoms with Crippen molar-refractivity contribution in [3.63, 3.8) is 0 Å². The second-order valence-corrected chi connectivity index (χ2v) is 7.39. The number of halogens is 5. The largest absolute Gasteiger partial charge is 0.429 e. The summed E-state index contributed by atoms with van der Waals surface area (Å²) in [4.78, 5) is 0. The minimum atomic E-state index is -3.81. The molecule has 0 heterocycles. The van der Waals surface area contributed by atoms with E-state index in [0.29, 0.717) is 24.0 Å². The van der Waals surface area contributed by atoms with Crippen LogP contribution in [0.2, 0.25) is 0 Å². The fourth-order valence-corrected chi connectivity index (χ4v) is 3.72. The van der Waals surface area contributed by atoms with E-state index in [1.807, 2.05) is 0 Å². The molecule has 0 N–H and O–H groups in total. The van der Waals surface area contributed by atoms with E-state index in [1.54, 1.807) is 12.1 Å². The summed E-state index contributed by atoms with van der Waals surface area (Å²) in [6.45, 7) is 2.10. The SMILES string of the molecule is CC/C=C\C1CCC(c2ccc(C(F)(F)Oc3cc(F)c(F)c(F)c3)cc2)CC1. The van der Waals surface area contributed by atoms with Gasteiger partial charge in [0.2, 0.25) is 0 Å². The van der Waals surface area contributed by atoms with E-state index in [9.17, 15) is 22.0 Å². The van der Waals surface area contributed by atoms with Crippen molar-refractivity contribution >= 4 is 0 Å². The first-order valence-corrected chi connectivity index (χ1v) is 9.78. The van der Waals surface area contributed by atoms with Gasteiger partial charge in [0.05, 0.1) is 5.56 Å². The van der Waals surface area contributed by atoms with E-state index in [1.165, 1.54) is 12.1 Å². The van der Waals surface area contributed by atoms with Crippen LogP contribution in [-0.4, -0.2) is 0 Å². The van der Waals surface area contributed by atoms with Crippen molar-refractivity contribution in [2.24, 2.45) is 5.92 Å². The van der Waals surface area contributed by atoms with Gasteiger partial charge in [0.1, 0.15) is 5.75 Å². The highest BCUT2D eigenvalue weighted by Crippen LogP contribution is 2.38. The van der Waals surface area contributed by atoms with E-state index >= 15 is 0 Å². The first-order valence-electron chi connectivity index (χ1n) is 9.78. The Hall–Kier alpha value is -2.37. The lowest BCUT2D eigenvalue weighted by Gasteiger charge is -2.27. The van der Waals surface area contributed by atoms with Gasteiger partial charge in [-0.1, -0.05) is 31.2 Å². The van der Waals surface area contributed by atoms with Crippen LogP contribution in [0.4, 0.5) is 22.0 Å². The van der Waals surface area contributed by atoms with Gasteiger partial charge in [0.25, 0.3) is 0 Å². The average molecular weight is 410 g/mol. The summed E-state index contributed by atoms with van der Waals surface area (Å²) >= 11 is 0. The lowest BCUT2D eigenvalue weighted by Crippen LogP contribution is -2.22. The molecule has 0 radical (unpaired) electrons. The van der Waals surface area contributed by atoms with Crippen LogP contribution in [-0.2, 0) is 6.11 Å². The molecule has 0 saturated heterocycles. The van der Waals surface area contributed by atoms with E-state index in [-0.39, 0.29) is 0 Å². The highest BCUT2D eigenvalue weighted by molar-refractivity contribution is 5.30. The summed E-state index contributed by atoms with van der Waals surface area (Å²) in [6, 6.07) is 6.60. The van der Waals surface area contributed by atoms with Gasteiger partial charge in [-0.2, -0.15) is 8.78 Å². The average Bonchev–Trinajstić information content (AvgIpc) is 2.70. The van der Waals surface area contributed by atoms with Crippen LogP contribution in [0.15, 0.2) is 48.6 Å². The lowest BCUT2D eigenvalue weighted by atomic mass is 9.78. The van der Waals surface area contributed by atoms with E-state index in [2.05, 4.69) is 23.8 Å². The van der Waals surface area contributed by atoms with Crippen LogP contribution < -0.4 is 4.74 Å². The van der Waals surface area contributed by atoms with Crippen molar-refractivity contribution in [3.05, 3.63) is 77.1 Å². The van der Waals surface area contributed by atoms with Gasteiger partial charge in [-0.15, -0.1) is 0 Å². The van der Waals surface area contributed by atoms with Crippen LogP contribution in [0.5, 0.6) is 5.75 Å². The molecule has 0 aliphatic heterocycles. The van der Waals surface area contributed by atoms with Gasteiger partial charge < -0.3 is 4.74 Å². The molecule has 0 atom stereocenters. The molecule has 0 aromatic heterocycles. The third kappa shape index (κ3) is 5.17. The van der Waals surface area contributed by atoms with Crippen LogP contribution in [0.1, 0.15) is 56.1 Å². The Balaban J connectivity index is 1.67. The van der Waals surface area contributed by atoms with Gasteiger partial charge in [0, 0.05) is 12.1 Å². The number of alkyl halides is 2.